The van der Waals surface area contributed by atoms with Crippen molar-refractivity contribution in [1.82, 2.24) is 14.9 Å². The van der Waals surface area contributed by atoms with E-state index in [1.807, 2.05) is 29.8 Å². The normalized spacial score (nSPS) is 19.8. The van der Waals surface area contributed by atoms with Crippen LogP contribution in [0.25, 0.3) is 6.08 Å². The summed E-state index contributed by atoms with van der Waals surface area (Å²) in [7, 11) is 1.72. The molecule has 0 aliphatic carbocycles. The highest BCUT2D eigenvalue weighted by Gasteiger charge is 2.30. The van der Waals surface area contributed by atoms with Crippen molar-refractivity contribution in [3.8, 4) is 0 Å². The molecule has 0 aromatic carbocycles. The van der Waals surface area contributed by atoms with Crippen LogP contribution in [0.1, 0.15) is 5.69 Å². The molecule has 96 valence electrons. The van der Waals surface area contributed by atoms with Crippen molar-refractivity contribution in [2.24, 2.45) is 4.99 Å². The summed E-state index contributed by atoms with van der Waals surface area (Å²) >= 11 is 2.80. The van der Waals surface area contributed by atoms with Crippen molar-refractivity contribution >= 4 is 45.4 Å². The number of carbonyl (C=O) groups is 1. The molecule has 1 aliphatic rings. The standard InChI is InChI=1S/C12H10N4OS2/c1-16-10(17)9(7-8-3-2-4-13-8)19-12(16)15-11-14-5-6-18-11/h2-7,13H,1H3/b9-7+,15-12+. The van der Waals surface area contributed by atoms with E-state index in [-0.39, 0.29) is 5.91 Å². The number of hydrogen-bond acceptors (Lipinski definition) is 5. The first-order chi connectivity index (χ1) is 9.24. The van der Waals surface area contributed by atoms with Crippen molar-refractivity contribution in [2.75, 3.05) is 7.05 Å². The minimum atomic E-state index is -0.0464. The highest BCUT2D eigenvalue weighted by molar-refractivity contribution is 8.18. The van der Waals surface area contributed by atoms with Gasteiger partial charge in [0.05, 0.1) is 4.91 Å². The monoisotopic (exact) mass is 290 g/mol. The van der Waals surface area contributed by atoms with Gasteiger partial charge in [-0.3, -0.25) is 9.69 Å². The van der Waals surface area contributed by atoms with Crippen molar-refractivity contribution in [1.29, 1.82) is 0 Å². The summed E-state index contributed by atoms with van der Waals surface area (Å²) in [6, 6.07) is 3.81. The summed E-state index contributed by atoms with van der Waals surface area (Å²) in [4.78, 5) is 25.8. The number of rotatable bonds is 2. The molecule has 0 unspecified atom stereocenters. The van der Waals surface area contributed by atoms with E-state index >= 15 is 0 Å². The van der Waals surface area contributed by atoms with Crippen LogP contribution in [0, 0.1) is 0 Å². The van der Waals surface area contributed by atoms with Gasteiger partial charge in [-0.25, -0.2) is 4.98 Å². The van der Waals surface area contributed by atoms with Gasteiger partial charge in [0.1, 0.15) is 0 Å². The van der Waals surface area contributed by atoms with Crippen LogP contribution in [0.5, 0.6) is 0 Å². The minimum absolute atomic E-state index is 0.0464. The Balaban J connectivity index is 1.90. The average Bonchev–Trinajstić information content (AvgIpc) is 3.11. The number of thioether (sulfide) groups is 1. The van der Waals surface area contributed by atoms with Crippen LogP contribution in [0.15, 0.2) is 39.8 Å². The smallest absolute Gasteiger partial charge is 0.266 e. The number of amidine groups is 1. The molecule has 0 radical (unpaired) electrons. The number of likely N-dealkylation sites (N-methyl/N-ethyl adjacent to an activating group) is 1. The van der Waals surface area contributed by atoms with Gasteiger partial charge in [-0.15, -0.1) is 11.3 Å². The summed E-state index contributed by atoms with van der Waals surface area (Å²) in [5.41, 5.74) is 0.903. The van der Waals surface area contributed by atoms with Gasteiger partial charge in [0, 0.05) is 30.5 Å². The molecule has 0 bridgehead atoms. The number of hydrogen-bond donors (Lipinski definition) is 1. The number of H-pyrrole nitrogens is 1. The SMILES string of the molecule is CN1C(=O)/C(=C\c2ccc[nH]2)S/C1=N/c1nccs1. The maximum Gasteiger partial charge on any atom is 0.266 e. The topological polar surface area (TPSA) is 61.4 Å². The largest absolute Gasteiger partial charge is 0.362 e. The van der Waals surface area contributed by atoms with E-state index in [9.17, 15) is 4.79 Å². The zero-order valence-electron chi connectivity index (χ0n) is 10.0. The first-order valence-electron chi connectivity index (χ1n) is 5.53. The molecule has 0 atom stereocenters. The van der Waals surface area contributed by atoms with Crippen LogP contribution in [-0.2, 0) is 4.79 Å². The lowest BCUT2D eigenvalue weighted by atomic mass is 10.3. The Bertz CT molecular complexity index is 643. The lowest BCUT2D eigenvalue weighted by Crippen LogP contribution is -2.23. The van der Waals surface area contributed by atoms with E-state index in [1.54, 1.807) is 18.1 Å². The maximum absolute atomic E-state index is 12.1. The fourth-order valence-corrected chi connectivity index (χ4v) is 3.10. The van der Waals surface area contributed by atoms with Gasteiger partial charge in [-0.1, -0.05) is 0 Å². The number of nitrogens with one attached hydrogen (secondary N) is 1. The van der Waals surface area contributed by atoms with Crippen LogP contribution in [0.4, 0.5) is 5.13 Å². The quantitative estimate of drug-likeness (QED) is 0.865. The van der Waals surface area contributed by atoms with Gasteiger partial charge in [0.15, 0.2) is 5.17 Å². The minimum Gasteiger partial charge on any atom is -0.362 e. The van der Waals surface area contributed by atoms with Gasteiger partial charge in [0.2, 0.25) is 5.13 Å². The van der Waals surface area contributed by atoms with Gasteiger partial charge in [-0.05, 0) is 30.0 Å². The fraction of sp³-hybridized carbons (Fsp3) is 0.0833. The van der Waals surface area contributed by atoms with E-state index in [1.165, 1.54) is 23.1 Å². The van der Waals surface area contributed by atoms with Gasteiger partial charge in [-0.2, -0.15) is 4.99 Å². The van der Waals surface area contributed by atoms with E-state index in [0.29, 0.717) is 15.2 Å². The van der Waals surface area contributed by atoms with E-state index in [0.717, 1.165) is 5.69 Å². The molecule has 2 aromatic rings. The predicted molar refractivity (Wildman–Crippen MR) is 78.3 cm³/mol. The molecule has 1 N–H and O–H groups in total. The van der Waals surface area contributed by atoms with Crippen molar-refractivity contribution in [3.05, 3.63) is 40.5 Å². The number of amides is 1. The number of aromatic amines is 1. The highest BCUT2D eigenvalue weighted by Crippen LogP contribution is 2.33. The summed E-state index contributed by atoms with van der Waals surface area (Å²) in [5, 5.41) is 3.16. The Kier molecular flexibility index (Phi) is 3.22. The molecule has 1 aliphatic heterocycles. The number of carbonyl (C=O) groups excluding carboxylic acids is 1. The van der Waals surface area contributed by atoms with Crippen LogP contribution in [0.3, 0.4) is 0 Å². The highest BCUT2D eigenvalue weighted by atomic mass is 32.2. The summed E-state index contributed by atoms with van der Waals surface area (Å²) in [6.45, 7) is 0. The number of thiazole rings is 1. The third kappa shape index (κ3) is 2.47. The third-order valence-electron chi connectivity index (χ3n) is 2.52. The first-order valence-corrected chi connectivity index (χ1v) is 7.23. The van der Waals surface area contributed by atoms with Crippen LogP contribution in [-0.4, -0.2) is 33.0 Å². The van der Waals surface area contributed by atoms with Gasteiger partial charge in [0.25, 0.3) is 5.91 Å². The first kappa shape index (κ1) is 12.2. The number of aromatic nitrogens is 2. The zero-order valence-corrected chi connectivity index (χ0v) is 11.7. The van der Waals surface area contributed by atoms with Crippen molar-refractivity contribution in [3.63, 3.8) is 0 Å². The number of aliphatic imine (C=N–C) groups is 1. The van der Waals surface area contributed by atoms with Crippen molar-refractivity contribution < 1.29 is 4.79 Å². The molecular formula is C12H10N4OS2. The molecule has 1 saturated heterocycles. The molecule has 5 nitrogen and oxygen atoms in total. The molecule has 7 heteroatoms. The molecule has 0 spiro atoms. The Morgan fingerprint density at radius 1 is 1.53 bits per heavy atom. The second kappa shape index (κ2) is 5.02. The molecule has 1 fully saturated rings. The summed E-state index contributed by atoms with van der Waals surface area (Å²) in [5.74, 6) is -0.0464. The van der Waals surface area contributed by atoms with E-state index in [4.69, 9.17) is 0 Å². The fourth-order valence-electron chi connectivity index (χ4n) is 1.58. The summed E-state index contributed by atoms with van der Waals surface area (Å²) in [6.07, 6.45) is 5.35. The molecule has 1 amide bonds. The third-order valence-corrected chi connectivity index (χ3v) is 4.25. The molecular weight excluding hydrogens is 280 g/mol. The second-order valence-electron chi connectivity index (χ2n) is 3.81. The molecule has 19 heavy (non-hydrogen) atoms. The van der Waals surface area contributed by atoms with Crippen LogP contribution in [0.2, 0.25) is 0 Å². The molecule has 0 saturated carbocycles. The Morgan fingerprint density at radius 2 is 2.42 bits per heavy atom. The lowest BCUT2D eigenvalue weighted by Gasteiger charge is -2.05. The van der Waals surface area contributed by atoms with Gasteiger partial charge >= 0.3 is 0 Å². The van der Waals surface area contributed by atoms with Crippen molar-refractivity contribution in [2.45, 2.75) is 0 Å². The predicted octanol–water partition coefficient (Wildman–Crippen LogP) is 2.71. The van der Waals surface area contributed by atoms with E-state index in [2.05, 4.69) is 15.0 Å². The Hall–Kier alpha value is -1.86. The molecule has 3 rings (SSSR count). The number of nitrogens with zero attached hydrogens (tertiary/aromatic N) is 3. The Morgan fingerprint density at radius 3 is 3.11 bits per heavy atom. The van der Waals surface area contributed by atoms with Crippen LogP contribution >= 0.6 is 23.1 Å². The zero-order chi connectivity index (χ0) is 13.2. The average molecular weight is 290 g/mol. The molecule has 2 aromatic heterocycles. The maximum atomic E-state index is 12.1. The molecule has 3 heterocycles. The van der Waals surface area contributed by atoms with E-state index < -0.39 is 0 Å². The van der Waals surface area contributed by atoms with Crippen LogP contribution < -0.4 is 0 Å². The van der Waals surface area contributed by atoms with Gasteiger partial charge < -0.3 is 4.98 Å². The second-order valence-corrected chi connectivity index (χ2v) is 5.69. The summed E-state index contributed by atoms with van der Waals surface area (Å²) < 4.78 is 0. The Labute approximate surface area is 118 Å². The lowest BCUT2D eigenvalue weighted by molar-refractivity contribution is -0.121.